The van der Waals surface area contributed by atoms with E-state index in [-0.39, 0.29) is 23.2 Å². The van der Waals surface area contributed by atoms with Crippen LogP contribution in [0.15, 0.2) is 31.6 Å². The van der Waals surface area contributed by atoms with E-state index < -0.39 is 0 Å². The molecule has 1 aromatic heterocycles. The van der Waals surface area contributed by atoms with Gasteiger partial charge in [0, 0.05) is 7.05 Å². The van der Waals surface area contributed by atoms with Gasteiger partial charge in [0.2, 0.25) is 0 Å². The number of alkyl halides is 2. The van der Waals surface area contributed by atoms with Crippen molar-refractivity contribution in [1.29, 1.82) is 0 Å². The van der Waals surface area contributed by atoms with Crippen LogP contribution in [0.1, 0.15) is 22.1 Å². The van der Waals surface area contributed by atoms with Crippen LogP contribution in [0.3, 0.4) is 0 Å². The normalized spacial score (nSPS) is 13.8. The van der Waals surface area contributed by atoms with E-state index in [9.17, 15) is 0 Å². The average molecular weight is 268 g/mol. The summed E-state index contributed by atoms with van der Waals surface area (Å²) in [4.78, 5) is 4.18. The summed E-state index contributed by atoms with van der Waals surface area (Å²) in [5.41, 5.74) is 1.60. The van der Waals surface area contributed by atoms with Crippen LogP contribution in [0.4, 0.5) is 0 Å². The lowest BCUT2D eigenvalue weighted by Gasteiger charge is -2.09. The maximum absolute atomic E-state index is 6.07. The molecule has 1 heterocycles. The van der Waals surface area contributed by atoms with Gasteiger partial charge >= 0.3 is 0 Å². The second kappa shape index (κ2) is 6.21. The molecule has 2 nitrogen and oxygen atoms in total. The van der Waals surface area contributed by atoms with Gasteiger partial charge in [-0.2, -0.15) is 0 Å². The number of imidazole rings is 1. The standard InChI is InChI=1S/C10H12Cl2N2.ClH/c1-4-7(11)9-10(8(12)5-2)14(3)6-13-9;/h4-8H,1-2H2,3H3;1H. The summed E-state index contributed by atoms with van der Waals surface area (Å²) in [6, 6.07) is 0. The number of halogens is 3. The molecule has 0 aliphatic carbocycles. The Kier molecular flexibility index (Phi) is 6.03. The molecule has 84 valence electrons. The molecule has 0 aliphatic rings. The molecule has 2 unspecified atom stereocenters. The Morgan fingerprint density at radius 2 is 1.87 bits per heavy atom. The van der Waals surface area contributed by atoms with Crippen molar-refractivity contribution in [2.45, 2.75) is 10.8 Å². The van der Waals surface area contributed by atoms with E-state index in [2.05, 4.69) is 18.1 Å². The predicted octanol–water partition coefficient (Wildman–Crippen LogP) is 3.77. The number of hydrogen-bond acceptors (Lipinski definition) is 1. The summed E-state index contributed by atoms with van der Waals surface area (Å²) in [5, 5.41) is -0.592. The van der Waals surface area contributed by atoms with E-state index in [4.69, 9.17) is 23.2 Å². The van der Waals surface area contributed by atoms with E-state index in [1.807, 2.05) is 11.6 Å². The third-order valence-electron chi connectivity index (χ3n) is 1.95. The van der Waals surface area contributed by atoms with Crippen LogP contribution in [-0.2, 0) is 7.05 Å². The van der Waals surface area contributed by atoms with E-state index in [1.165, 1.54) is 0 Å². The third-order valence-corrected chi connectivity index (χ3v) is 2.72. The maximum Gasteiger partial charge on any atom is 0.0954 e. The largest absolute Gasteiger partial charge is 0.336 e. The first-order valence-electron chi connectivity index (χ1n) is 4.16. The van der Waals surface area contributed by atoms with Gasteiger partial charge in [-0.05, 0) is 0 Å². The van der Waals surface area contributed by atoms with Crippen molar-refractivity contribution >= 4 is 35.6 Å². The van der Waals surface area contributed by atoms with Crippen molar-refractivity contribution in [3.8, 4) is 0 Å². The zero-order valence-corrected chi connectivity index (χ0v) is 10.7. The maximum atomic E-state index is 6.07. The Bertz CT molecular complexity index is 346. The minimum atomic E-state index is -0.313. The van der Waals surface area contributed by atoms with Gasteiger partial charge < -0.3 is 4.57 Å². The highest BCUT2D eigenvalue weighted by Crippen LogP contribution is 2.31. The molecule has 1 rings (SSSR count). The summed E-state index contributed by atoms with van der Waals surface area (Å²) >= 11 is 12.1. The molecule has 1 aromatic rings. The molecule has 0 spiro atoms. The molecule has 0 amide bonds. The molecule has 0 N–H and O–H groups in total. The van der Waals surface area contributed by atoms with Crippen molar-refractivity contribution in [2.75, 3.05) is 0 Å². The fourth-order valence-corrected chi connectivity index (χ4v) is 1.66. The van der Waals surface area contributed by atoms with Gasteiger partial charge in [0.1, 0.15) is 0 Å². The monoisotopic (exact) mass is 266 g/mol. The molecule has 5 heteroatoms. The number of aromatic nitrogens is 2. The highest BCUT2D eigenvalue weighted by Gasteiger charge is 2.19. The first kappa shape index (κ1) is 14.6. The van der Waals surface area contributed by atoms with Crippen LogP contribution in [0.2, 0.25) is 0 Å². The van der Waals surface area contributed by atoms with Gasteiger partial charge in [0.25, 0.3) is 0 Å². The molecule has 2 atom stereocenters. The van der Waals surface area contributed by atoms with Crippen LogP contribution in [0.25, 0.3) is 0 Å². The molecule has 0 aromatic carbocycles. The smallest absolute Gasteiger partial charge is 0.0954 e. The van der Waals surface area contributed by atoms with Crippen molar-refractivity contribution in [2.24, 2.45) is 7.05 Å². The first-order chi connectivity index (χ1) is 6.61. The van der Waals surface area contributed by atoms with E-state index in [0.29, 0.717) is 0 Å². The summed E-state index contributed by atoms with van der Waals surface area (Å²) in [6.07, 6.45) is 4.96. The second-order valence-electron chi connectivity index (χ2n) is 2.90. The molecule has 0 bridgehead atoms. The molecule has 0 radical (unpaired) electrons. The van der Waals surface area contributed by atoms with Crippen LogP contribution in [0.5, 0.6) is 0 Å². The van der Waals surface area contributed by atoms with Gasteiger partial charge in [-0.25, -0.2) is 4.98 Å². The fourth-order valence-electron chi connectivity index (χ4n) is 1.23. The topological polar surface area (TPSA) is 17.8 Å². The number of nitrogens with zero attached hydrogens (tertiary/aromatic N) is 2. The molecule has 0 saturated heterocycles. The zero-order chi connectivity index (χ0) is 10.7. The zero-order valence-electron chi connectivity index (χ0n) is 8.36. The lowest BCUT2D eigenvalue weighted by molar-refractivity contribution is 0.835. The highest BCUT2D eigenvalue weighted by atomic mass is 35.5. The molecule has 0 saturated carbocycles. The van der Waals surface area contributed by atoms with Crippen molar-refractivity contribution in [3.63, 3.8) is 0 Å². The van der Waals surface area contributed by atoms with Gasteiger partial charge in [0.15, 0.2) is 0 Å². The lowest BCUT2D eigenvalue weighted by atomic mass is 10.2. The quantitative estimate of drug-likeness (QED) is 0.600. The second-order valence-corrected chi connectivity index (χ2v) is 3.84. The summed E-state index contributed by atoms with van der Waals surface area (Å²) in [7, 11) is 1.87. The van der Waals surface area contributed by atoms with Crippen LogP contribution in [-0.4, -0.2) is 9.55 Å². The first-order valence-corrected chi connectivity index (χ1v) is 5.03. The van der Waals surface area contributed by atoms with Crippen molar-refractivity contribution in [3.05, 3.63) is 43.0 Å². The van der Waals surface area contributed by atoms with Gasteiger partial charge in [-0.3, -0.25) is 0 Å². The van der Waals surface area contributed by atoms with E-state index in [1.54, 1.807) is 18.5 Å². The summed E-state index contributed by atoms with van der Waals surface area (Å²) in [5.74, 6) is 0. The van der Waals surface area contributed by atoms with E-state index >= 15 is 0 Å². The predicted molar refractivity (Wildman–Crippen MR) is 68.0 cm³/mol. The molecular formula is C10H13Cl3N2. The number of hydrogen-bond donors (Lipinski definition) is 0. The summed E-state index contributed by atoms with van der Waals surface area (Å²) in [6.45, 7) is 7.26. The number of rotatable bonds is 4. The van der Waals surface area contributed by atoms with Crippen LogP contribution < -0.4 is 0 Å². The van der Waals surface area contributed by atoms with Crippen LogP contribution in [0, 0.1) is 0 Å². The minimum Gasteiger partial charge on any atom is -0.336 e. The Labute approximate surface area is 106 Å². The Balaban J connectivity index is 0.00000196. The fraction of sp³-hybridized carbons (Fsp3) is 0.300. The highest BCUT2D eigenvalue weighted by molar-refractivity contribution is 6.23. The molecular weight excluding hydrogens is 254 g/mol. The lowest BCUT2D eigenvalue weighted by Crippen LogP contribution is -2.01. The summed E-state index contributed by atoms with van der Waals surface area (Å²) < 4.78 is 1.84. The van der Waals surface area contributed by atoms with Gasteiger partial charge in [-0.15, -0.1) is 48.8 Å². The van der Waals surface area contributed by atoms with Gasteiger partial charge in [-0.1, -0.05) is 12.2 Å². The minimum absolute atomic E-state index is 0. The third kappa shape index (κ3) is 3.00. The van der Waals surface area contributed by atoms with E-state index in [0.717, 1.165) is 11.4 Å². The molecule has 0 fully saturated rings. The van der Waals surface area contributed by atoms with Crippen molar-refractivity contribution < 1.29 is 0 Å². The Hall–Kier alpha value is -0.440. The van der Waals surface area contributed by atoms with Crippen LogP contribution >= 0.6 is 35.6 Å². The van der Waals surface area contributed by atoms with Gasteiger partial charge in [0.05, 0.1) is 28.5 Å². The SMILES string of the molecule is C=CC(Cl)c1ncn(C)c1C(Cl)C=C.Cl. The molecule has 0 aliphatic heterocycles. The number of aryl methyl sites for hydroxylation is 1. The van der Waals surface area contributed by atoms with Crippen molar-refractivity contribution in [1.82, 2.24) is 9.55 Å². The average Bonchev–Trinajstić information content (AvgIpc) is 2.58. The Morgan fingerprint density at radius 1 is 1.33 bits per heavy atom. The Morgan fingerprint density at radius 3 is 2.33 bits per heavy atom. The molecule has 15 heavy (non-hydrogen) atoms. The number of allylic oxidation sites excluding steroid dienone is 2.